The normalized spacial score (nSPS) is 13.5. The van der Waals surface area contributed by atoms with Gasteiger partial charge < -0.3 is 37.6 Å². The van der Waals surface area contributed by atoms with Crippen molar-refractivity contribution in [2.75, 3.05) is 12.3 Å². The van der Waals surface area contributed by atoms with Crippen LogP contribution in [-0.2, 0) is 28.8 Å². The molecule has 0 aromatic rings. The maximum Gasteiger partial charge on any atom is 0.322 e. The zero-order chi connectivity index (χ0) is 21.9. The van der Waals surface area contributed by atoms with Crippen LogP contribution in [0.3, 0.4) is 0 Å². The molecule has 0 aliphatic heterocycles. The topological polar surface area (TPSA) is 231 Å². The molecule has 0 aliphatic carbocycles. The number of carbonyl (C=O) groups excluding carboxylic acids is 4. The Morgan fingerprint density at radius 1 is 0.893 bits per heavy atom. The number of primary amides is 1. The number of amides is 4. The van der Waals surface area contributed by atoms with Crippen LogP contribution in [0, 0.1) is 0 Å². The van der Waals surface area contributed by atoms with Gasteiger partial charge in [-0.3, -0.25) is 28.8 Å². The molecule has 0 spiro atoms. The minimum Gasteiger partial charge on any atom is -0.481 e. The van der Waals surface area contributed by atoms with Crippen molar-refractivity contribution in [3.8, 4) is 0 Å². The third kappa shape index (κ3) is 10.3. The van der Waals surface area contributed by atoms with Crippen LogP contribution in [0.1, 0.15) is 19.3 Å². The summed E-state index contributed by atoms with van der Waals surface area (Å²) in [7, 11) is 0. The summed E-state index contributed by atoms with van der Waals surface area (Å²) in [5, 5.41) is 23.8. The molecule has 0 saturated carbocycles. The molecule has 3 unspecified atom stereocenters. The summed E-state index contributed by atoms with van der Waals surface area (Å²) in [6.07, 6.45) is -1.11. The molecule has 0 radical (unpaired) electrons. The first-order valence-electron chi connectivity index (χ1n) is 7.94. The summed E-state index contributed by atoms with van der Waals surface area (Å²) >= 11 is 3.87. The Bertz CT molecular complexity index is 629. The molecular weight excluding hydrogens is 398 g/mol. The number of carboxylic acid groups (broad SMARTS) is 2. The highest BCUT2D eigenvalue weighted by molar-refractivity contribution is 7.80. The van der Waals surface area contributed by atoms with Gasteiger partial charge in [0.05, 0.1) is 12.5 Å². The fraction of sp³-hybridized carbons (Fsp3) is 0.571. The van der Waals surface area contributed by atoms with Crippen molar-refractivity contribution in [2.24, 2.45) is 11.5 Å². The van der Waals surface area contributed by atoms with Crippen molar-refractivity contribution >= 4 is 48.2 Å². The van der Waals surface area contributed by atoms with E-state index in [2.05, 4.69) is 23.3 Å². The standard InChI is InChI=1S/C14H23N5O8S/c15-6(1-2-9(16)20)12(25)18-7(3-10(21)22)14(27)19-8(5-28)13(26)17-4-11(23)24/h6-8,28H,1-5,15H2,(H2,16,20)(H,17,26)(H,18,25)(H,19,27)(H,21,22)(H,23,24). The van der Waals surface area contributed by atoms with Crippen molar-refractivity contribution in [2.45, 2.75) is 37.4 Å². The zero-order valence-electron chi connectivity index (χ0n) is 14.7. The Morgan fingerprint density at radius 3 is 1.93 bits per heavy atom. The first kappa shape index (κ1) is 25.1. The minimum absolute atomic E-state index is 0.112. The van der Waals surface area contributed by atoms with Gasteiger partial charge in [-0.25, -0.2) is 0 Å². The summed E-state index contributed by atoms with van der Waals surface area (Å²) in [5.74, 6) is -6.38. The molecule has 158 valence electrons. The molecule has 0 bridgehead atoms. The van der Waals surface area contributed by atoms with Crippen molar-refractivity contribution in [1.82, 2.24) is 16.0 Å². The maximum atomic E-state index is 12.3. The largest absolute Gasteiger partial charge is 0.481 e. The lowest BCUT2D eigenvalue weighted by molar-refractivity contribution is -0.141. The summed E-state index contributed by atoms with van der Waals surface area (Å²) in [6, 6.07) is -4.05. The van der Waals surface area contributed by atoms with Gasteiger partial charge in [0.1, 0.15) is 18.6 Å². The van der Waals surface area contributed by atoms with Crippen molar-refractivity contribution in [3.05, 3.63) is 0 Å². The smallest absolute Gasteiger partial charge is 0.322 e. The van der Waals surface area contributed by atoms with Crippen molar-refractivity contribution in [3.63, 3.8) is 0 Å². The summed E-state index contributed by atoms with van der Waals surface area (Å²) in [4.78, 5) is 68.3. The van der Waals surface area contributed by atoms with Gasteiger partial charge in [0.15, 0.2) is 0 Å². The highest BCUT2D eigenvalue weighted by Crippen LogP contribution is 2.00. The second-order valence-corrected chi connectivity index (χ2v) is 5.99. The molecule has 0 aliphatic rings. The summed E-state index contributed by atoms with van der Waals surface area (Å²) in [6.45, 7) is -0.691. The van der Waals surface area contributed by atoms with E-state index in [0.717, 1.165) is 0 Å². The van der Waals surface area contributed by atoms with E-state index in [1.54, 1.807) is 0 Å². The number of aliphatic carboxylic acids is 2. The van der Waals surface area contributed by atoms with Crippen LogP contribution < -0.4 is 27.4 Å². The summed E-state index contributed by atoms with van der Waals surface area (Å²) in [5.41, 5.74) is 10.5. The molecule has 3 atom stereocenters. The van der Waals surface area contributed by atoms with E-state index in [9.17, 15) is 28.8 Å². The number of carbonyl (C=O) groups is 6. The Labute approximate surface area is 165 Å². The first-order valence-corrected chi connectivity index (χ1v) is 8.57. The van der Waals surface area contributed by atoms with E-state index < -0.39 is 66.7 Å². The monoisotopic (exact) mass is 421 g/mol. The van der Waals surface area contributed by atoms with Crippen LogP contribution in [0.4, 0.5) is 0 Å². The molecule has 0 aromatic heterocycles. The van der Waals surface area contributed by atoms with E-state index in [0.29, 0.717) is 0 Å². The molecular formula is C14H23N5O8S. The maximum absolute atomic E-state index is 12.3. The van der Waals surface area contributed by atoms with E-state index in [1.807, 2.05) is 5.32 Å². The Balaban J connectivity index is 5.01. The SMILES string of the molecule is NC(=O)CCC(N)C(=O)NC(CC(=O)O)C(=O)NC(CS)C(=O)NCC(=O)O. The van der Waals surface area contributed by atoms with Crippen LogP contribution >= 0.6 is 12.6 Å². The van der Waals surface area contributed by atoms with Gasteiger partial charge in [-0.05, 0) is 6.42 Å². The van der Waals surface area contributed by atoms with Gasteiger partial charge in [-0.1, -0.05) is 0 Å². The number of nitrogens with one attached hydrogen (secondary N) is 3. The van der Waals surface area contributed by atoms with Crippen LogP contribution in [0.15, 0.2) is 0 Å². The lowest BCUT2D eigenvalue weighted by atomic mass is 10.1. The van der Waals surface area contributed by atoms with E-state index >= 15 is 0 Å². The van der Waals surface area contributed by atoms with Crippen LogP contribution in [-0.4, -0.2) is 76.2 Å². The first-order chi connectivity index (χ1) is 13.0. The fourth-order valence-electron chi connectivity index (χ4n) is 1.84. The van der Waals surface area contributed by atoms with Crippen LogP contribution in [0.25, 0.3) is 0 Å². The number of hydrogen-bond acceptors (Lipinski definition) is 8. The van der Waals surface area contributed by atoms with Gasteiger partial charge in [0, 0.05) is 12.2 Å². The molecule has 28 heavy (non-hydrogen) atoms. The highest BCUT2D eigenvalue weighted by Gasteiger charge is 2.29. The predicted molar refractivity (Wildman–Crippen MR) is 97.0 cm³/mol. The van der Waals surface area contributed by atoms with E-state index in [-0.39, 0.29) is 18.6 Å². The molecule has 13 nitrogen and oxygen atoms in total. The molecule has 9 N–H and O–H groups in total. The van der Waals surface area contributed by atoms with Gasteiger partial charge in [-0.2, -0.15) is 12.6 Å². The Hall–Kier alpha value is -2.87. The molecule has 0 heterocycles. The Morgan fingerprint density at radius 2 is 1.46 bits per heavy atom. The quantitative estimate of drug-likeness (QED) is 0.136. The van der Waals surface area contributed by atoms with Gasteiger partial charge in [0.2, 0.25) is 23.6 Å². The van der Waals surface area contributed by atoms with E-state index in [4.69, 9.17) is 21.7 Å². The third-order valence-electron chi connectivity index (χ3n) is 3.28. The molecule has 4 amide bonds. The lowest BCUT2D eigenvalue weighted by Crippen LogP contribution is -2.57. The number of hydrogen-bond donors (Lipinski definition) is 8. The molecule has 0 aromatic carbocycles. The number of carboxylic acids is 2. The molecule has 14 heteroatoms. The van der Waals surface area contributed by atoms with Crippen LogP contribution in [0.2, 0.25) is 0 Å². The number of rotatable bonds is 13. The zero-order valence-corrected chi connectivity index (χ0v) is 15.6. The number of nitrogens with two attached hydrogens (primary N) is 2. The average Bonchev–Trinajstić information content (AvgIpc) is 2.60. The van der Waals surface area contributed by atoms with E-state index in [1.165, 1.54) is 0 Å². The highest BCUT2D eigenvalue weighted by atomic mass is 32.1. The van der Waals surface area contributed by atoms with Crippen LogP contribution in [0.5, 0.6) is 0 Å². The Kier molecular flexibility index (Phi) is 11.2. The van der Waals surface area contributed by atoms with Crippen molar-refractivity contribution < 1.29 is 39.0 Å². The molecule has 0 fully saturated rings. The van der Waals surface area contributed by atoms with Gasteiger partial charge in [0.25, 0.3) is 0 Å². The predicted octanol–water partition coefficient (Wildman–Crippen LogP) is -3.85. The molecule has 0 rings (SSSR count). The van der Waals surface area contributed by atoms with Gasteiger partial charge in [-0.15, -0.1) is 0 Å². The third-order valence-corrected chi connectivity index (χ3v) is 3.64. The second-order valence-electron chi connectivity index (χ2n) is 5.63. The second kappa shape index (κ2) is 12.5. The number of thiol groups is 1. The fourth-order valence-corrected chi connectivity index (χ4v) is 2.10. The molecule has 0 saturated heterocycles. The van der Waals surface area contributed by atoms with Crippen molar-refractivity contribution in [1.29, 1.82) is 0 Å². The average molecular weight is 421 g/mol. The lowest BCUT2D eigenvalue weighted by Gasteiger charge is -2.22. The van der Waals surface area contributed by atoms with Gasteiger partial charge >= 0.3 is 11.9 Å². The minimum atomic E-state index is -1.57. The summed E-state index contributed by atoms with van der Waals surface area (Å²) < 4.78 is 0.